The normalized spacial score (nSPS) is 17.8. The van der Waals surface area contributed by atoms with E-state index in [1.165, 1.54) is 12.3 Å². The summed E-state index contributed by atoms with van der Waals surface area (Å²) in [6.07, 6.45) is 5.25. The zero-order chi connectivity index (χ0) is 16.8. The summed E-state index contributed by atoms with van der Waals surface area (Å²) in [5.41, 5.74) is 2.63. The van der Waals surface area contributed by atoms with Crippen molar-refractivity contribution < 1.29 is 13.6 Å². The summed E-state index contributed by atoms with van der Waals surface area (Å²) >= 11 is 0. The van der Waals surface area contributed by atoms with Crippen LogP contribution >= 0.6 is 0 Å². The minimum Gasteiger partial charge on any atom is -0.461 e. The van der Waals surface area contributed by atoms with Crippen LogP contribution in [0, 0.1) is 12.7 Å². The zero-order valence-corrected chi connectivity index (χ0v) is 13.6. The molecule has 5 nitrogen and oxygen atoms in total. The van der Waals surface area contributed by atoms with Gasteiger partial charge in [-0.15, -0.1) is 0 Å². The number of likely N-dealkylation sites (tertiary alicyclic amines) is 1. The van der Waals surface area contributed by atoms with Crippen molar-refractivity contribution in [3.05, 3.63) is 53.3 Å². The lowest BCUT2D eigenvalue weighted by Crippen LogP contribution is -2.30. The van der Waals surface area contributed by atoms with Gasteiger partial charge in [0.05, 0.1) is 23.6 Å². The van der Waals surface area contributed by atoms with E-state index in [0.717, 1.165) is 24.1 Å². The molecule has 0 radical (unpaired) electrons. The third kappa shape index (κ3) is 2.21. The average Bonchev–Trinajstić information content (AvgIpc) is 3.26. The van der Waals surface area contributed by atoms with Gasteiger partial charge in [-0.25, -0.2) is 4.39 Å². The Morgan fingerprint density at radius 2 is 2.21 bits per heavy atom. The standard InChI is InChI=1S/C18H18FN3O2/c1-11-14(10-21(2)20-11)16-4-3-8-22(16)18(23)13-5-6-15(19)17-12(13)7-9-24-17/h5-7,9-10,16H,3-4,8H2,1-2H3. The topological polar surface area (TPSA) is 51.3 Å². The molecule has 2 aromatic heterocycles. The number of aryl methyl sites for hydroxylation is 2. The molecule has 0 spiro atoms. The second kappa shape index (κ2) is 5.47. The summed E-state index contributed by atoms with van der Waals surface area (Å²) < 4.78 is 20.8. The number of benzene rings is 1. The molecule has 0 saturated carbocycles. The summed E-state index contributed by atoms with van der Waals surface area (Å²) in [5, 5.41) is 4.91. The van der Waals surface area contributed by atoms with Gasteiger partial charge in [-0.3, -0.25) is 9.48 Å². The van der Waals surface area contributed by atoms with Gasteiger partial charge in [0.2, 0.25) is 0 Å². The van der Waals surface area contributed by atoms with Crippen molar-refractivity contribution in [1.29, 1.82) is 0 Å². The van der Waals surface area contributed by atoms with Gasteiger partial charge in [-0.1, -0.05) is 0 Å². The van der Waals surface area contributed by atoms with Crippen molar-refractivity contribution in [2.45, 2.75) is 25.8 Å². The molecule has 124 valence electrons. The summed E-state index contributed by atoms with van der Waals surface area (Å²) in [4.78, 5) is 15.0. The predicted octanol–water partition coefficient (Wildman–Crippen LogP) is 3.59. The van der Waals surface area contributed by atoms with Gasteiger partial charge in [-0.05, 0) is 38.0 Å². The molecule has 1 amide bonds. The Labute approximate surface area is 138 Å². The summed E-state index contributed by atoms with van der Waals surface area (Å²) in [6.45, 7) is 2.65. The van der Waals surface area contributed by atoms with Crippen LogP contribution in [0.15, 0.2) is 35.1 Å². The van der Waals surface area contributed by atoms with Crippen LogP contribution in [0.2, 0.25) is 0 Å². The summed E-state index contributed by atoms with van der Waals surface area (Å²) in [7, 11) is 1.88. The number of hydrogen-bond acceptors (Lipinski definition) is 3. The van der Waals surface area contributed by atoms with Gasteiger partial charge in [0.15, 0.2) is 11.4 Å². The Bertz CT molecular complexity index is 928. The highest BCUT2D eigenvalue weighted by atomic mass is 19.1. The maximum absolute atomic E-state index is 13.8. The number of halogens is 1. The second-order valence-electron chi connectivity index (χ2n) is 6.26. The quantitative estimate of drug-likeness (QED) is 0.723. The van der Waals surface area contributed by atoms with E-state index in [1.807, 2.05) is 25.1 Å². The fourth-order valence-corrected chi connectivity index (χ4v) is 3.65. The van der Waals surface area contributed by atoms with Crippen LogP contribution < -0.4 is 0 Å². The number of aromatic nitrogens is 2. The minimum atomic E-state index is -0.451. The van der Waals surface area contributed by atoms with E-state index < -0.39 is 5.82 Å². The van der Waals surface area contributed by atoms with E-state index >= 15 is 0 Å². The van der Waals surface area contributed by atoms with Crippen LogP contribution in [0.25, 0.3) is 11.0 Å². The third-order valence-corrected chi connectivity index (χ3v) is 4.72. The Morgan fingerprint density at radius 1 is 1.38 bits per heavy atom. The van der Waals surface area contributed by atoms with Crippen LogP contribution in [0.1, 0.15) is 40.5 Å². The minimum absolute atomic E-state index is 0.0122. The molecule has 0 N–H and O–H groups in total. The molecule has 24 heavy (non-hydrogen) atoms. The highest BCUT2D eigenvalue weighted by Gasteiger charge is 2.33. The molecule has 1 aliphatic heterocycles. The van der Waals surface area contributed by atoms with Crippen molar-refractivity contribution in [2.24, 2.45) is 7.05 Å². The van der Waals surface area contributed by atoms with Crippen LogP contribution in [0.4, 0.5) is 4.39 Å². The molecule has 1 saturated heterocycles. The number of nitrogens with zero attached hydrogens (tertiary/aromatic N) is 3. The fraction of sp³-hybridized carbons (Fsp3) is 0.333. The molecular formula is C18H18FN3O2. The van der Waals surface area contributed by atoms with E-state index in [4.69, 9.17) is 4.42 Å². The average molecular weight is 327 g/mol. The van der Waals surface area contributed by atoms with Crippen LogP contribution in [0.3, 0.4) is 0 Å². The first-order chi connectivity index (χ1) is 11.6. The molecule has 0 bridgehead atoms. The number of furan rings is 1. The van der Waals surface area contributed by atoms with Crippen LogP contribution in [-0.2, 0) is 7.05 Å². The monoisotopic (exact) mass is 327 g/mol. The first kappa shape index (κ1) is 14.9. The Morgan fingerprint density at radius 3 is 2.96 bits per heavy atom. The number of rotatable bonds is 2. The number of amides is 1. The predicted molar refractivity (Wildman–Crippen MR) is 87.1 cm³/mol. The third-order valence-electron chi connectivity index (χ3n) is 4.72. The Hall–Kier alpha value is -2.63. The van der Waals surface area contributed by atoms with Crippen molar-refractivity contribution in [1.82, 2.24) is 14.7 Å². The molecule has 1 aliphatic rings. The number of fused-ring (bicyclic) bond motifs is 1. The summed E-state index contributed by atoms with van der Waals surface area (Å²) in [5.74, 6) is -0.542. The number of carbonyl (C=O) groups is 1. The van der Waals surface area contributed by atoms with Crippen molar-refractivity contribution in [3.63, 3.8) is 0 Å². The van der Waals surface area contributed by atoms with Gasteiger partial charge in [-0.2, -0.15) is 5.10 Å². The molecule has 1 fully saturated rings. The maximum Gasteiger partial charge on any atom is 0.255 e. The number of hydrogen-bond donors (Lipinski definition) is 0. The number of carbonyl (C=O) groups excluding carboxylic acids is 1. The SMILES string of the molecule is Cc1nn(C)cc1C1CCCN1C(=O)c1ccc(F)c2occc12. The lowest BCUT2D eigenvalue weighted by atomic mass is 10.0. The Balaban J connectivity index is 1.74. The van der Waals surface area contributed by atoms with Crippen molar-refractivity contribution >= 4 is 16.9 Å². The maximum atomic E-state index is 13.8. The van der Waals surface area contributed by atoms with Crippen molar-refractivity contribution in [2.75, 3.05) is 6.54 Å². The molecular weight excluding hydrogens is 309 g/mol. The van der Waals surface area contributed by atoms with E-state index in [9.17, 15) is 9.18 Å². The molecule has 3 heterocycles. The van der Waals surface area contributed by atoms with Gasteiger partial charge in [0.1, 0.15) is 0 Å². The molecule has 4 rings (SSSR count). The van der Waals surface area contributed by atoms with Crippen molar-refractivity contribution in [3.8, 4) is 0 Å². The Kier molecular flexibility index (Phi) is 3.40. The first-order valence-electron chi connectivity index (χ1n) is 8.03. The van der Waals surface area contributed by atoms with Crippen LogP contribution in [-0.4, -0.2) is 27.1 Å². The fourth-order valence-electron chi connectivity index (χ4n) is 3.65. The first-order valence-corrected chi connectivity index (χ1v) is 8.03. The highest BCUT2D eigenvalue weighted by molar-refractivity contribution is 6.06. The highest BCUT2D eigenvalue weighted by Crippen LogP contribution is 2.35. The van der Waals surface area contributed by atoms with Gasteiger partial charge in [0, 0.05) is 30.7 Å². The largest absolute Gasteiger partial charge is 0.461 e. The lowest BCUT2D eigenvalue weighted by molar-refractivity contribution is 0.0737. The van der Waals surface area contributed by atoms with Gasteiger partial charge in [0.25, 0.3) is 5.91 Å². The zero-order valence-electron chi connectivity index (χ0n) is 13.6. The molecule has 6 heteroatoms. The van der Waals surface area contributed by atoms with E-state index in [1.54, 1.807) is 16.8 Å². The van der Waals surface area contributed by atoms with E-state index in [-0.39, 0.29) is 17.5 Å². The molecule has 1 aromatic carbocycles. The van der Waals surface area contributed by atoms with E-state index in [2.05, 4.69) is 5.10 Å². The molecule has 0 aliphatic carbocycles. The molecule has 1 atom stereocenters. The second-order valence-corrected chi connectivity index (χ2v) is 6.26. The summed E-state index contributed by atoms with van der Waals surface area (Å²) in [6, 6.07) is 4.49. The van der Waals surface area contributed by atoms with E-state index in [0.29, 0.717) is 17.5 Å². The van der Waals surface area contributed by atoms with Gasteiger partial charge >= 0.3 is 0 Å². The lowest BCUT2D eigenvalue weighted by Gasteiger charge is -2.25. The van der Waals surface area contributed by atoms with Crippen LogP contribution in [0.5, 0.6) is 0 Å². The smallest absolute Gasteiger partial charge is 0.255 e. The molecule has 3 aromatic rings. The molecule has 1 unspecified atom stereocenters. The van der Waals surface area contributed by atoms with Gasteiger partial charge < -0.3 is 9.32 Å².